The Balaban J connectivity index is 1.76. The molecule has 4 heteroatoms. The molecule has 0 aliphatic heterocycles. The Morgan fingerprint density at radius 1 is 1.09 bits per heavy atom. The molecule has 1 N–H and O–H groups in total. The summed E-state index contributed by atoms with van der Waals surface area (Å²) in [5.74, 6) is 1.63. The van der Waals surface area contributed by atoms with E-state index in [2.05, 4.69) is 44.5 Å². The van der Waals surface area contributed by atoms with E-state index in [1.807, 2.05) is 19.1 Å². The van der Waals surface area contributed by atoms with Gasteiger partial charge in [0.15, 0.2) is 5.65 Å². The van der Waals surface area contributed by atoms with E-state index >= 15 is 0 Å². The second-order valence-electron chi connectivity index (χ2n) is 5.78. The van der Waals surface area contributed by atoms with E-state index in [9.17, 15) is 0 Å². The first-order valence-corrected chi connectivity index (χ1v) is 7.75. The van der Waals surface area contributed by atoms with Crippen LogP contribution in [-0.4, -0.2) is 15.0 Å². The summed E-state index contributed by atoms with van der Waals surface area (Å²) < 4.78 is 0. The highest BCUT2D eigenvalue weighted by Crippen LogP contribution is 2.33. The summed E-state index contributed by atoms with van der Waals surface area (Å²) in [6, 6.07) is 13.0. The predicted molar refractivity (Wildman–Crippen MR) is 87.8 cm³/mol. The number of aryl methyl sites for hydroxylation is 2. The molecule has 2 aromatic heterocycles. The Morgan fingerprint density at radius 3 is 2.95 bits per heavy atom. The highest BCUT2D eigenvalue weighted by molar-refractivity contribution is 5.86. The number of nitrogens with one attached hydrogen (secondary N) is 1. The predicted octanol–water partition coefficient (Wildman–Crippen LogP) is 3.82. The van der Waals surface area contributed by atoms with Crippen LogP contribution in [0.25, 0.3) is 11.0 Å². The first-order chi connectivity index (χ1) is 10.8. The monoisotopic (exact) mass is 290 g/mol. The first kappa shape index (κ1) is 13.2. The molecule has 0 saturated heterocycles. The van der Waals surface area contributed by atoms with Gasteiger partial charge >= 0.3 is 0 Å². The third kappa shape index (κ3) is 2.30. The molecule has 4 nitrogen and oxygen atoms in total. The van der Waals surface area contributed by atoms with Gasteiger partial charge in [-0.05, 0) is 49.4 Å². The molecule has 1 atom stereocenters. The molecule has 1 aliphatic carbocycles. The highest BCUT2D eigenvalue weighted by Gasteiger charge is 2.21. The van der Waals surface area contributed by atoms with Gasteiger partial charge in [0.1, 0.15) is 11.6 Å². The summed E-state index contributed by atoms with van der Waals surface area (Å²) in [4.78, 5) is 13.4. The van der Waals surface area contributed by atoms with Crippen molar-refractivity contribution in [3.8, 4) is 0 Å². The molecule has 1 aromatic carbocycles. The van der Waals surface area contributed by atoms with E-state index in [1.54, 1.807) is 6.20 Å². The van der Waals surface area contributed by atoms with E-state index in [4.69, 9.17) is 0 Å². The van der Waals surface area contributed by atoms with Gasteiger partial charge in [0.25, 0.3) is 0 Å². The summed E-state index contributed by atoms with van der Waals surface area (Å²) in [7, 11) is 0. The fourth-order valence-electron chi connectivity index (χ4n) is 3.25. The van der Waals surface area contributed by atoms with E-state index in [-0.39, 0.29) is 0 Å². The lowest BCUT2D eigenvalue weighted by atomic mass is 9.88. The second-order valence-corrected chi connectivity index (χ2v) is 5.78. The lowest BCUT2D eigenvalue weighted by molar-refractivity contribution is 0.599. The molecule has 0 spiro atoms. The number of rotatable bonds is 2. The van der Waals surface area contributed by atoms with Crippen molar-refractivity contribution in [1.82, 2.24) is 15.0 Å². The summed E-state index contributed by atoms with van der Waals surface area (Å²) in [6.07, 6.45) is 5.27. The Labute approximate surface area is 129 Å². The number of hydrogen-bond donors (Lipinski definition) is 1. The number of nitrogens with zero attached hydrogens (tertiary/aromatic N) is 3. The average molecular weight is 290 g/mol. The molecule has 3 aromatic rings. The van der Waals surface area contributed by atoms with E-state index in [0.717, 1.165) is 29.1 Å². The lowest BCUT2D eigenvalue weighted by Gasteiger charge is -2.27. The number of pyridine rings is 1. The largest absolute Gasteiger partial charge is 0.363 e. The summed E-state index contributed by atoms with van der Waals surface area (Å²) >= 11 is 0. The highest BCUT2D eigenvalue weighted by atomic mass is 15.1. The number of fused-ring (bicyclic) bond motifs is 2. The van der Waals surface area contributed by atoms with Crippen molar-refractivity contribution in [2.24, 2.45) is 0 Å². The van der Waals surface area contributed by atoms with Gasteiger partial charge in [-0.15, -0.1) is 0 Å². The van der Waals surface area contributed by atoms with Gasteiger partial charge in [-0.2, -0.15) is 0 Å². The molecule has 4 rings (SSSR count). The van der Waals surface area contributed by atoms with Crippen LogP contribution in [0.2, 0.25) is 0 Å². The molecule has 0 radical (unpaired) electrons. The van der Waals surface area contributed by atoms with Crippen LogP contribution >= 0.6 is 0 Å². The van der Waals surface area contributed by atoms with Gasteiger partial charge in [-0.3, -0.25) is 0 Å². The van der Waals surface area contributed by atoms with Gasteiger partial charge in [-0.25, -0.2) is 15.0 Å². The van der Waals surface area contributed by atoms with Crippen molar-refractivity contribution in [3.05, 3.63) is 59.5 Å². The van der Waals surface area contributed by atoms with Crippen molar-refractivity contribution in [2.75, 3.05) is 5.32 Å². The number of anilines is 1. The Kier molecular flexibility index (Phi) is 3.22. The van der Waals surface area contributed by atoms with Crippen molar-refractivity contribution < 1.29 is 0 Å². The molecular weight excluding hydrogens is 272 g/mol. The molecular formula is C18H18N4. The SMILES string of the molecule is Cc1nc(N[C@H]2CCCc3ccccc32)c2cccnc2n1. The summed E-state index contributed by atoms with van der Waals surface area (Å²) in [5, 5.41) is 4.61. The van der Waals surface area contributed by atoms with Gasteiger partial charge in [0, 0.05) is 6.20 Å². The standard InChI is InChI=1S/C18H18N4/c1-12-20-17-15(9-5-11-19-17)18(21-12)22-16-10-4-7-13-6-2-3-8-14(13)16/h2-3,5-6,8-9,11,16H,4,7,10H2,1H3,(H,19,20,21,22)/t16-/m0/s1. The molecule has 0 amide bonds. The van der Waals surface area contributed by atoms with Crippen LogP contribution in [0.1, 0.15) is 35.8 Å². The third-order valence-corrected chi connectivity index (χ3v) is 4.26. The Morgan fingerprint density at radius 2 is 2.00 bits per heavy atom. The molecule has 0 fully saturated rings. The summed E-state index contributed by atoms with van der Waals surface area (Å²) in [5.41, 5.74) is 3.59. The molecule has 110 valence electrons. The minimum absolute atomic E-state index is 0.308. The topological polar surface area (TPSA) is 50.7 Å². The van der Waals surface area contributed by atoms with Crippen molar-refractivity contribution in [1.29, 1.82) is 0 Å². The minimum atomic E-state index is 0.308. The number of benzene rings is 1. The van der Waals surface area contributed by atoms with Gasteiger partial charge in [-0.1, -0.05) is 24.3 Å². The van der Waals surface area contributed by atoms with Crippen molar-refractivity contribution >= 4 is 16.9 Å². The normalized spacial score (nSPS) is 17.2. The zero-order chi connectivity index (χ0) is 14.9. The first-order valence-electron chi connectivity index (χ1n) is 7.75. The van der Waals surface area contributed by atoms with Gasteiger partial charge in [0.05, 0.1) is 11.4 Å². The minimum Gasteiger partial charge on any atom is -0.363 e. The maximum Gasteiger partial charge on any atom is 0.164 e. The average Bonchev–Trinajstić information content (AvgIpc) is 2.55. The van der Waals surface area contributed by atoms with Crippen LogP contribution in [0.15, 0.2) is 42.6 Å². The zero-order valence-electron chi connectivity index (χ0n) is 12.6. The van der Waals surface area contributed by atoms with Gasteiger partial charge in [0.2, 0.25) is 0 Å². The molecule has 0 bridgehead atoms. The number of hydrogen-bond acceptors (Lipinski definition) is 4. The van der Waals surface area contributed by atoms with Crippen LogP contribution in [0.4, 0.5) is 5.82 Å². The van der Waals surface area contributed by atoms with Gasteiger partial charge < -0.3 is 5.32 Å². The Hall–Kier alpha value is -2.49. The smallest absolute Gasteiger partial charge is 0.164 e. The molecule has 0 unspecified atom stereocenters. The lowest BCUT2D eigenvalue weighted by Crippen LogP contribution is -2.18. The molecule has 2 heterocycles. The van der Waals surface area contributed by atoms with E-state index in [1.165, 1.54) is 24.0 Å². The number of aromatic nitrogens is 3. The van der Waals surface area contributed by atoms with Crippen molar-refractivity contribution in [3.63, 3.8) is 0 Å². The molecule has 22 heavy (non-hydrogen) atoms. The Bertz CT molecular complexity index is 828. The van der Waals surface area contributed by atoms with Crippen LogP contribution < -0.4 is 5.32 Å². The fraction of sp³-hybridized carbons (Fsp3) is 0.278. The second kappa shape index (κ2) is 5.37. The maximum absolute atomic E-state index is 4.61. The zero-order valence-corrected chi connectivity index (χ0v) is 12.6. The maximum atomic E-state index is 4.61. The van der Waals surface area contributed by atoms with E-state index < -0.39 is 0 Å². The van der Waals surface area contributed by atoms with Crippen molar-refractivity contribution in [2.45, 2.75) is 32.2 Å². The van der Waals surface area contributed by atoms with Crippen LogP contribution in [-0.2, 0) is 6.42 Å². The van der Waals surface area contributed by atoms with Crippen LogP contribution in [0.5, 0.6) is 0 Å². The summed E-state index contributed by atoms with van der Waals surface area (Å²) in [6.45, 7) is 1.91. The fourth-order valence-corrected chi connectivity index (χ4v) is 3.25. The molecule has 0 saturated carbocycles. The quantitative estimate of drug-likeness (QED) is 0.779. The van der Waals surface area contributed by atoms with Crippen LogP contribution in [0, 0.1) is 6.92 Å². The van der Waals surface area contributed by atoms with Crippen LogP contribution in [0.3, 0.4) is 0 Å². The third-order valence-electron chi connectivity index (χ3n) is 4.26. The molecule has 1 aliphatic rings. The van der Waals surface area contributed by atoms with E-state index in [0.29, 0.717) is 6.04 Å².